The molecule has 1 heteroatoms. The van der Waals surface area contributed by atoms with E-state index < -0.39 is 0 Å². The van der Waals surface area contributed by atoms with Gasteiger partial charge in [-0.3, -0.25) is 0 Å². The summed E-state index contributed by atoms with van der Waals surface area (Å²) in [5, 5.41) is 0. The normalized spacial score (nSPS) is 10.7. The number of hydrogen-bond donors (Lipinski definition) is 0. The summed E-state index contributed by atoms with van der Waals surface area (Å²) in [5.74, 6) is 0. The fourth-order valence-corrected chi connectivity index (χ4v) is 4.18. The molecule has 1 nitrogen and oxygen atoms in total. The van der Waals surface area contributed by atoms with Gasteiger partial charge in [0.2, 0.25) is 0 Å². The predicted octanol–water partition coefficient (Wildman–Crippen LogP) is 8.76. The molecule has 0 atom stereocenters. The van der Waals surface area contributed by atoms with Crippen molar-refractivity contribution in [1.82, 2.24) is 0 Å². The van der Waals surface area contributed by atoms with Crippen molar-refractivity contribution >= 4 is 11.4 Å². The molecule has 0 unspecified atom stereocenters. The van der Waals surface area contributed by atoms with Gasteiger partial charge in [-0.2, -0.15) is 0 Å². The average Bonchev–Trinajstić information content (AvgIpc) is 2.89. The zero-order valence-corrected chi connectivity index (χ0v) is 19.1. The Morgan fingerprint density at radius 1 is 0.394 bits per heavy atom. The fourth-order valence-electron chi connectivity index (χ4n) is 4.18. The van der Waals surface area contributed by atoms with Crippen molar-refractivity contribution in [1.29, 1.82) is 0 Å². The Morgan fingerprint density at radius 3 is 1.33 bits per heavy atom. The minimum atomic E-state index is 1.17. The van der Waals surface area contributed by atoms with Crippen LogP contribution in [-0.4, -0.2) is 7.05 Å². The van der Waals surface area contributed by atoms with Crippen LogP contribution in [0.25, 0.3) is 33.4 Å². The molecule has 5 aromatic rings. The molecule has 0 aliphatic heterocycles. The molecular weight excluding hydrogens is 398 g/mol. The van der Waals surface area contributed by atoms with Crippen LogP contribution in [0.5, 0.6) is 0 Å². The minimum Gasteiger partial charge on any atom is -0.345 e. The minimum absolute atomic E-state index is 1.17. The van der Waals surface area contributed by atoms with Crippen LogP contribution >= 0.6 is 0 Å². The number of aryl methyl sites for hydroxylation is 1. The molecule has 0 aliphatic rings. The van der Waals surface area contributed by atoms with E-state index in [-0.39, 0.29) is 0 Å². The van der Waals surface area contributed by atoms with Crippen molar-refractivity contribution in [3.05, 3.63) is 133 Å². The largest absolute Gasteiger partial charge is 0.345 e. The maximum absolute atomic E-state index is 2.28. The van der Waals surface area contributed by atoms with E-state index in [2.05, 4.69) is 140 Å². The second kappa shape index (κ2) is 9.18. The molecule has 160 valence electrons. The van der Waals surface area contributed by atoms with Gasteiger partial charge in [-0.1, -0.05) is 96.6 Å². The van der Waals surface area contributed by atoms with Gasteiger partial charge in [-0.25, -0.2) is 0 Å². The first-order valence-corrected chi connectivity index (χ1v) is 11.3. The average molecular weight is 426 g/mol. The van der Waals surface area contributed by atoms with E-state index in [1.807, 2.05) is 6.07 Å². The van der Waals surface area contributed by atoms with Gasteiger partial charge in [0.1, 0.15) is 0 Å². The second-order valence-electron chi connectivity index (χ2n) is 8.47. The Labute approximate surface area is 196 Å². The van der Waals surface area contributed by atoms with Crippen molar-refractivity contribution in [2.75, 3.05) is 11.9 Å². The first-order valence-electron chi connectivity index (χ1n) is 11.3. The second-order valence-corrected chi connectivity index (χ2v) is 8.47. The van der Waals surface area contributed by atoms with Crippen LogP contribution in [0.4, 0.5) is 11.4 Å². The zero-order valence-electron chi connectivity index (χ0n) is 19.1. The Bertz CT molecular complexity index is 1350. The number of nitrogens with zero attached hydrogens (tertiary/aromatic N) is 1. The van der Waals surface area contributed by atoms with Crippen molar-refractivity contribution in [2.24, 2.45) is 0 Å². The van der Waals surface area contributed by atoms with Gasteiger partial charge in [-0.05, 0) is 76.7 Å². The van der Waals surface area contributed by atoms with Gasteiger partial charge in [0.15, 0.2) is 0 Å². The molecule has 5 rings (SSSR count). The molecule has 0 bridgehead atoms. The Kier molecular flexibility index (Phi) is 5.78. The quantitative estimate of drug-likeness (QED) is 0.272. The highest BCUT2D eigenvalue weighted by Gasteiger charge is 2.07. The van der Waals surface area contributed by atoms with E-state index in [1.165, 1.54) is 50.3 Å². The molecule has 0 heterocycles. The van der Waals surface area contributed by atoms with Crippen molar-refractivity contribution in [2.45, 2.75) is 6.92 Å². The standard InChI is InChI=1S/C32H27N/c1-24-14-16-25(17-15-24)27-8-6-10-29(22-27)30-11-7-9-28(23-30)26-18-20-32(21-19-26)33(2)31-12-4-3-5-13-31/h3-23H,1-2H3. The van der Waals surface area contributed by atoms with Crippen LogP contribution in [0.15, 0.2) is 127 Å². The summed E-state index contributed by atoms with van der Waals surface area (Å²) in [5.41, 5.74) is 11.0. The molecule has 33 heavy (non-hydrogen) atoms. The van der Waals surface area contributed by atoms with Gasteiger partial charge in [-0.15, -0.1) is 0 Å². The van der Waals surface area contributed by atoms with Crippen LogP contribution in [0.2, 0.25) is 0 Å². The number of para-hydroxylation sites is 1. The van der Waals surface area contributed by atoms with E-state index in [4.69, 9.17) is 0 Å². The monoisotopic (exact) mass is 425 g/mol. The molecule has 0 radical (unpaired) electrons. The summed E-state index contributed by atoms with van der Waals surface area (Å²) in [6.45, 7) is 2.12. The Morgan fingerprint density at radius 2 is 0.818 bits per heavy atom. The van der Waals surface area contributed by atoms with Gasteiger partial charge in [0, 0.05) is 18.4 Å². The van der Waals surface area contributed by atoms with Crippen molar-refractivity contribution in [3.63, 3.8) is 0 Å². The lowest BCUT2D eigenvalue weighted by Crippen LogP contribution is -2.08. The summed E-state index contributed by atoms with van der Waals surface area (Å²) < 4.78 is 0. The van der Waals surface area contributed by atoms with E-state index >= 15 is 0 Å². The maximum Gasteiger partial charge on any atom is 0.0408 e. The number of anilines is 2. The molecule has 0 fully saturated rings. The van der Waals surface area contributed by atoms with Gasteiger partial charge in [0.25, 0.3) is 0 Å². The first-order chi connectivity index (χ1) is 16.2. The molecule has 5 aromatic carbocycles. The van der Waals surface area contributed by atoms with Crippen molar-refractivity contribution < 1.29 is 0 Å². The van der Waals surface area contributed by atoms with Crippen molar-refractivity contribution in [3.8, 4) is 33.4 Å². The third-order valence-electron chi connectivity index (χ3n) is 6.17. The summed E-state index contributed by atoms with van der Waals surface area (Å²) in [7, 11) is 2.10. The van der Waals surface area contributed by atoms with Crippen LogP contribution in [0.3, 0.4) is 0 Å². The van der Waals surface area contributed by atoms with Gasteiger partial charge >= 0.3 is 0 Å². The predicted molar refractivity (Wildman–Crippen MR) is 142 cm³/mol. The first kappa shape index (κ1) is 20.8. The highest BCUT2D eigenvalue weighted by molar-refractivity contribution is 5.77. The highest BCUT2D eigenvalue weighted by atomic mass is 15.1. The summed E-state index contributed by atoms with van der Waals surface area (Å²) in [4.78, 5) is 2.21. The zero-order chi connectivity index (χ0) is 22.6. The molecule has 0 amide bonds. The van der Waals surface area contributed by atoms with Gasteiger partial charge < -0.3 is 4.90 Å². The molecule has 0 aromatic heterocycles. The topological polar surface area (TPSA) is 3.24 Å². The molecular formula is C32H27N. The fraction of sp³-hybridized carbons (Fsp3) is 0.0625. The number of rotatable bonds is 5. The van der Waals surface area contributed by atoms with E-state index in [0.717, 1.165) is 0 Å². The van der Waals surface area contributed by atoms with Gasteiger partial charge in [0.05, 0.1) is 0 Å². The molecule has 0 N–H and O–H groups in total. The lowest BCUT2D eigenvalue weighted by molar-refractivity contribution is 1.21. The molecule has 0 saturated carbocycles. The summed E-state index contributed by atoms with van der Waals surface area (Å²) >= 11 is 0. The van der Waals surface area contributed by atoms with E-state index in [0.29, 0.717) is 0 Å². The molecule has 0 aliphatic carbocycles. The number of hydrogen-bond acceptors (Lipinski definition) is 1. The smallest absolute Gasteiger partial charge is 0.0408 e. The Hall–Kier alpha value is -4.10. The van der Waals surface area contributed by atoms with E-state index in [9.17, 15) is 0 Å². The van der Waals surface area contributed by atoms with Crippen LogP contribution in [0.1, 0.15) is 5.56 Å². The maximum atomic E-state index is 2.28. The van der Waals surface area contributed by atoms with Crippen LogP contribution in [0, 0.1) is 6.92 Å². The van der Waals surface area contributed by atoms with Crippen LogP contribution < -0.4 is 4.90 Å². The number of benzene rings is 5. The molecule has 0 spiro atoms. The third kappa shape index (κ3) is 4.58. The van der Waals surface area contributed by atoms with Crippen LogP contribution in [-0.2, 0) is 0 Å². The lowest BCUT2D eigenvalue weighted by Gasteiger charge is -2.19. The lowest BCUT2D eigenvalue weighted by atomic mass is 9.96. The SMILES string of the molecule is Cc1ccc(-c2cccc(-c3cccc(-c4ccc(N(C)c5ccccc5)cc4)c3)c2)cc1. The van der Waals surface area contributed by atoms with E-state index in [1.54, 1.807) is 0 Å². The summed E-state index contributed by atoms with van der Waals surface area (Å²) in [6, 6.07) is 45.5. The summed E-state index contributed by atoms with van der Waals surface area (Å²) in [6.07, 6.45) is 0. The Balaban J connectivity index is 1.42. The highest BCUT2D eigenvalue weighted by Crippen LogP contribution is 2.31. The molecule has 0 saturated heterocycles. The third-order valence-corrected chi connectivity index (χ3v) is 6.17.